The minimum absolute atomic E-state index is 0. The SMILES string of the molecule is COC[c-]1[cH-][cH-][cH-][c-]1C(=O)OC.COC[c-]1ccc(C(=O)OC)c1.[Fe]. The van der Waals surface area contributed by atoms with Gasteiger partial charge in [-0.25, -0.2) is 0 Å². The van der Waals surface area contributed by atoms with Gasteiger partial charge in [-0.1, -0.05) is 12.2 Å². The van der Waals surface area contributed by atoms with Crippen molar-refractivity contribution in [3.8, 4) is 0 Å². The van der Waals surface area contributed by atoms with E-state index in [0.29, 0.717) is 24.3 Å². The number of carbonyl (C=O) groups excluding carboxylic acids is 2. The molecule has 0 saturated heterocycles. The Balaban J connectivity index is 0.000000443. The molecule has 25 heavy (non-hydrogen) atoms. The third kappa shape index (κ3) is 7.23. The summed E-state index contributed by atoms with van der Waals surface area (Å²) in [6.07, 6.45) is 0. The van der Waals surface area contributed by atoms with Crippen LogP contribution in [0.15, 0.2) is 36.4 Å². The molecule has 0 radical (unpaired) electrons. The van der Waals surface area contributed by atoms with E-state index in [9.17, 15) is 9.59 Å². The second-order valence-corrected chi connectivity index (χ2v) is 4.82. The molecule has 0 fully saturated rings. The van der Waals surface area contributed by atoms with E-state index in [0.717, 1.165) is 11.1 Å². The van der Waals surface area contributed by atoms with Gasteiger partial charge in [-0.2, -0.15) is 18.2 Å². The number of methoxy groups -OCH3 is 4. The summed E-state index contributed by atoms with van der Waals surface area (Å²) in [5.41, 5.74) is 3.01. The Kier molecular flexibility index (Phi) is 11.5. The van der Waals surface area contributed by atoms with Crippen LogP contribution in [0.5, 0.6) is 0 Å². The van der Waals surface area contributed by atoms with Crippen molar-refractivity contribution < 1.29 is 45.6 Å². The average Bonchev–Trinajstić information content (AvgIpc) is 3.24. The molecule has 0 saturated carbocycles. The third-order valence-electron chi connectivity index (χ3n) is 3.16. The smallest absolute Gasteiger partial charge is 0.269 e. The number of esters is 2. The van der Waals surface area contributed by atoms with Gasteiger partial charge in [-0.3, -0.25) is 4.79 Å². The fourth-order valence-electron chi connectivity index (χ4n) is 2.04. The van der Waals surface area contributed by atoms with E-state index in [1.807, 2.05) is 12.1 Å². The first-order valence-electron chi connectivity index (χ1n) is 7.22. The summed E-state index contributed by atoms with van der Waals surface area (Å²) in [6.45, 7) is 0.967. The van der Waals surface area contributed by atoms with Gasteiger partial charge in [0.1, 0.15) is 0 Å². The third-order valence-corrected chi connectivity index (χ3v) is 3.16. The van der Waals surface area contributed by atoms with Crippen molar-refractivity contribution in [3.05, 3.63) is 58.7 Å². The summed E-state index contributed by atoms with van der Waals surface area (Å²) in [5.74, 6) is -0.621. The Morgan fingerprint density at radius 1 is 1.04 bits per heavy atom. The normalized spacial score (nSPS) is 9.44. The Morgan fingerprint density at radius 3 is 2.28 bits per heavy atom. The molecule has 7 heteroatoms. The topological polar surface area (TPSA) is 71.1 Å². The van der Waals surface area contributed by atoms with Gasteiger partial charge in [0.15, 0.2) is 0 Å². The van der Waals surface area contributed by atoms with E-state index in [1.165, 1.54) is 14.2 Å². The fraction of sp³-hybridized carbons (Fsp3) is 0.333. The van der Waals surface area contributed by atoms with Crippen LogP contribution in [0.1, 0.15) is 31.8 Å². The molecule has 0 bridgehead atoms. The molecule has 6 nitrogen and oxygen atoms in total. The van der Waals surface area contributed by atoms with Crippen LogP contribution in [0.3, 0.4) is 0 Å². The Bertz CT molecular complexity index is 644. The maximum absolute atomic E-state index is 11.1. The van der Waals surface area contributed by atoms with E-state index in [4.69, 9.17) is 9.47 Å². The first-order valence-corrected chi connectivity index (χ1v) is 7.22. The maximum Gasteiger partial charge on any atom is 0.269 e. The van der Waals surface area contributed by atoms with Crippen LogP contribution in [0.25, 0.3) is 0 Å². The number of hydrogen-bond donors (Lipinski definition) is 0. The second kappa shape index (κ2) is 12.4. The minimum Gasteiger partial charge on any atom is -0.717 e. The largest absolute Gasteiger partial charge is 0.717 e. The Morgan fingerprint density at radius 2 is 1.72 bits per heavy atom. The second-order valence-electron chi connectivity index (χ2n) is 4.82. The zero-order chi connectivity index (χ0) is 17.9. The quantitative estimate of drug-likeness (QED) is 0.429. The van der Waals surface area contributed by atoms with E-state index < -0.39 is 0 Å². The molecule has 0 unspecified atom stereocenters. The zero-order valence-electron chi connectivity index (χ0n) is 14.7. The van der Waals surface area contributed by atoms with E-state index in [2.05, 4.69) is 9.47 Å². The van der Waals surface area contributed by atoms with Gasteiger partial charge in [0.05, 0.1) is 7.11 Å². The molecule has 144 valence electrons. The summed E-state index contributed by atoms with van der Waals surface area (Å²) in [7, 11) is 5.94. The van der Waals surface area contributed by atoms with Crippen LogP contribution in [0.4, 0.5) is 0 Å². The molecule has 0 aliphatic heterocycles. The molecule has 0 aliphatic rings. The van der Waals surface area contributed by atoms with Crippen LogP contribution in [-0.4, -0.2) is 40.4 Å². The van der Waals surface area contributed by atoms with Crippen molar-refractivity contribution in [3.63, 3.8) is 0 Å². The van der Waals surface area contributed by atoms with Crippen molar-refractivity contribution in [2.45, 2.75) is 13.2 Å². The summed E-state index contributed by atoms with van der Waals surface area (Å²) in [4.78, 5) is 22.1. The van der Waals surface area contributed by atoms with E-state index in [-0.39, 0.29) is 29.0 Å². The number of carbonyl (C=O) groups is 2. The van der Waals surface area contributed by atoms with E-state index in [1.54, 1.807) is 38.5 Å². The van der Waals surface area contributed by atoms with Gasteiger partial charge in [-0.05, 0) is 0 Å². The van der Waals surface area contributed by atoms with Crippen molar-refractivity contribution in [1.29, 1.82) is 0 Å². The predicted molar refractivity (Wildman–Crippen MR) is 88.2 cm³/mol. The first kappa shape index (κ1) is 23.1. The van der Waals surface area contributed by atoms with Crippen molar-refractivity contribution >= 4 is 11.9 Å². The standard InChI is InChI=1S/2C9H11O3.Fe/c1-11-6-7-3-4-8(5-7)9(10)12-2;1-11-6-7-4-3-5-8(7)9(10)12-2;/h2*3-5H,6H2,1-2H3;/q-1;-5;. The number of hydrogen-bond acceptors (Lipinski definition) is 6. The Hall–Kier alpha value is -1.92. The number of rotatable bonds is 6. The van der Waals surface area contributed by atoms with Crippen LogP contribution < -0.4 is 0 Å². The van der Waals surface area contributed by atoms with Gasteiger partial charge in [-0.15, -0.1) is 11.5 Å². The fourth-order valence-corrected chi connectivity index (χ4v) is 2.04. The summed E-state index contributed by atoms with van der Waals surface area (Å²) in [6, 6.07) is 10.7. The molecule has 2 aromatic rings. The summed E-state index contributed by atoms with van der Waals surface area (Å²) < 4.78 is 19.0. The van der Waals surface area contributed by atoms with Crippen LogP contribution in [-0.2, 0) is 49.2 Å². The molecule has 0 heterocycles. The van der Waals surface area contributed by atoms with E-state index >= 15 is 0 Å². The maximum atomic E-state index is 11.1. The van der Waals surface area contributed by atoms with Crippen molar-refractivity contribution in [2.75, 3.05) is 28.4 Å². The monoisotopic (exact) mass is 390 g/mol. The molecule has 0 aromatic heterocycles. The van der Waals surface area contributed by atoms with Gasteiger partial charge < -0.3 is 53.1 Å². The van der Waals surface area contributed by atoms with Crippen LogP contribution in [0.2, 0.25) is 0 Å². The van der Waals surface area contributed by atoms with Crippen molar-refractivity contribution in [1.82, 2.24) is 0 Å². The predicted octanol–water partition coefficient (Wildman–Crippen LogP) is 2.67. The molecule has 0 atom stereocenters. The molecule has 0 aliphatic carbocycles. The van der Waals surface area contributed by atoms with Crippen LogP contribution >= 0.6 is 0 Å². The molecular weight excluding hydrogens is 368 g/mol. The van der Waals surface area contributed by atoms with Gasteiger partial charge in [0.2, 0.25) is 0 Å². The molecular formula is C18H22FeO6-6. The van der Waals surface area contributed by atoms with Gasteiger partial charge in [0.25, 0.3) is 5.97 Å². The summed E-state index contributed by atoms with van der Waals surface area (Å²) in [5, 5.41) is 0. The van der Waals surface area contributed by atoms with Gasteiger partial charge >= 0.3 is 0 Å². The first-order chi connectivity index (χ1) is 11.6. The minimum atomic E-state index is -0.313. The molecule has 0 N–H and O–H groups in total. The van der Waals surface area contributed by atoms with Crippen LogP contribution in [0, 0.1) is 0 Å². The Labute approximate surface area is 158 Å². The average molecular weight is 390 g/mol. The summed E-state index contributed by atoms with van der Waals surface area (Å²) >= 11 is 0. The van der Waals surface area contributed by atoms with Gasteiger partial charge in [0, 0.05) is 45.0 Å². The molecule has 2 aromatic carbocycles. The zero-order valence-corrected chi connectivity index (χ0v) is 15.8. The van der Waals surface area contributed by atoms with Crippen molar-refractivity contribution in [2.24, 2.45) is 0 Å². The molecule has 2 rings (SSSR count). The molecule has 0 amide bonds. The molecule has 0 spiro atoms. The number of ether oxygens (including phenoxy) is 4.